The normalized spacial score (nSPS) is 12.6. The number of hydrogen-bond donors (Lipinski definition) is 2. The maximum atomic E-state index is 14.1. The van der Waals surface area contributed by atoms with Crippen LogP contribution in [0.1, 0.15) is 29.7 Å². The van der Waals surface area contributed by atoms with Gasteiger partial charge in [0, 0.05) is 18.3 Å². The lowest BCUT2D eigenvalue weighted by molar-refractivity contribution is 0.507. The van der Waals surface area contributed by atoms with E-state index in [1.807, 2.05) is 23.9 Å². The summed E-state index contributed by atoms with van der Waals surface area (Å²) in [5.41, 5.74) is 4.93. The molecular formula is C14H19FN4. The van der Waals surface area contributed by atoms with Gasteiger partial charge < -0.3 is 0 Å². The number of hydrazine groups is 1. The Morgan fingerprint density at radius 2 is 2.26 bits per heavy atom. The summed E-state index contributed by atoms with van der Waals surface area (Å²) in [7, 11) is 0. The smallest absolute Gasteiger partial charge is 0.130 e. The number of benzene rings is 1. The number of halogens is 1. The van der Waals surface area contributed by atoms with Crippen LogP contribution in [0, 0.1) is 12.7 Å². The van der Waals surface area contributed by atoms with Gasteiger partial charge in [0.2, 0.25) is 0 Å². The highest BCUT2D eigenvalue weighted by molar-refractivity contribution is 5.28. The molecule has 2 rings (SSSR count). The minimum atomic E-state index is -0.255. The van der Waals surface area contributed by atoms with Crippen molar-refractivity contribution in [3.63, 3.8) is 0 Å². The van der Waals surface area contributed by atoms with E-state index in [9.17, 15) is 4.39 Å². The van der Waals surface area contributed by atoms with Crippen molar-refractivity contribution in [2.45, 2.75) is 32.9 Å². The molecule has 1 aromatic heterocycles. The molecule has 0 spiro atoms. The van der Waals surface area contributed by atoms with E-state index < -0.39 is 0 Å². The van der Waals surface area contributed by atoms with Gasteiger partial charge in [0.1, 0.15) is 5.82 Å². The van der Waals surface area contributed by atoms with E-state index in [1.54, 1.807) is 25.3 Å². The molecule has 2 aromatic rings. The molecule has 0 amide bonds. The summed E-state index contributed by atoms with van der Waals surface area (Å²) in [6.07, 6.45) is 4.36. The van der Waals surface area contributed by atoms with E-state index >= 15 is 0 Å². The maximum Gasteiger partial charge on any atom is 0.130 e. The zero-order chi connectivity index (χ0) is 13.8. The molecule has 0 saturated heterocycles. The van der Waals surface area contributed by atoms with Gasteiger partial charge in [0.15, 0.2) is 0 Å². The Hall–Kier alpha value is -1.72. The molecule has 1 aromatic carbocycles. The fourth-order valence-corrected chi connectivity index (χ4v) is 2.12. The van der Waals surface area contributed by atoms with E-state index in [2.05, 4.69) is 10.5 Å². The van der Waals surface area contributed by atoms with Gasteiger partial charge in [-0.3, -0.25) is 16.0 Å². The molecule has 0 aliphatic heterocycles. The highest BCUT2D eigenvalue weighted by Crippen LogP contribution is 2.22. The van der Waals surface area contributed by atoms with Crippen molar-refractivity contribution >= 4 is 0 Å². The lowest BCUT2D eigenvalue weighted by atomic mass is 9.99. The summed E-state index contributed by atoms with van der Waals surface area (Å²) in [4.78, 5) is 0. The third-order valence-electron chi connectivity index (χ3n) is 3.25. The minimum Gasteiger partial charge on any atom is -0.273 e. The standard InChI is InChI=1S/C14H19FN4/c1-3-19-9-11(8-17-19)7-13(18-16)12-6-4-5-10(2)14(12)15/h4-6,8-9,13,18H,3,7,16H2,1-2H3. The van der Waals surface area contributed by atoms with Gasteiger partial charge in [0.25, 0.3) is 0 Å². The largest absolute Gasteiger partial charge is 0.273 e. The molecule has 19 heavy (non-hydrogen) atoms. The Balaban J connectivity index is 2.22. The molecule has 0 radical (unpaired) electrons. The van der Waals surface area contributed by atoms with Crippen LogP contribution in [0.3, 0.4) is 0 Å². The number of nitrogens with zero attached hydrogens (tertiary/aromatic N) is 2. The van der Waals surface area contributed by atoms with Crippen LogP contribution in [0.15, 0.2) is 30.6 Å². The van der Waals surface area contributed by atoms with Crippen molar-refractivity contribution < 1.29 is 4.39 Å². The van der Waals surface area contributed by atoms with Crippen molar-refractivity contribution in [1.82, 2.24) is 15.2 Å². The average Bonchev–Trinajstić information content (AvgIpc) is 2.87. The van der Waals surface area contributed by atoms with Gasteiger partial charge in [-0.15, -0.1) is 0 Å². The summed E-state index contributed by atoms with van der Waals surface area (Å²) in [5, 5.41) is 4.21. The number of aryl methyl sites for hydroxylation is 2. The van der Waals surface area contributed by atoms with Crippen molar-refractivity contribution in [2.75, 3.05) is 0 Å². The first kappa shape index (κ1) is 13.7. The summed E-state index contributed by atoms with van der Waals surface area (Å²) in [6, 6.07) is 5.10. The van der Waals surface area contributed by atoms with E-state index in [-0.39, 0.29) is 11.9 Å². The van der Waals surface area contributed by atoms with E-state index in [4.69, 9.17) is 5.84 Å². The summed E-state index contributed by atoms with van der Waals surface area (Å²) < 4.78 is 15.9. The Labute approximate surface area is 112 Å². The highest BCUT2D eigenvalue weighted by Gasteiger charge is 2.16. The van der Waals surface area contributed by atoms with Crippen LogP contribution in [0.5, 0.6) is 0 Å². The molecule has 1 atom stereocenters. The minimum absolute atomic E-state index is 0.201. The molecule has 5 heteroatoms. The van der Waals surface area contributed by atoms with Crippen LogP contribution in [-0.2, 0) is 13.0 Å². The number of aromatic nitrogens is 2. The monoisotopic (exact) mass is 262 g/mol. The summed E-state index contributed by atoms with van der Waals surface area (Å²) in [6.45, 7) is 4.59. The number of nitrogens with two attached hydrogens (primary N) is 1. The number of nitrogens with one attached hydrogen (secondary N) is 1. The first-order valence-electron chi connectivity index (χ1n) is 6.38. The third-order valence-corrected chi connectivity index (χ3v) is 3.25. The molecule has 3 N–H and O–H groups in total. The fourth-order valence-electron chi connectivity index (χ4n) is 2.12. The molecule has 1 unspecified atom stereocenters. The summed E-state index contributed by atoms with van der Waals surface area (Å²) >= 11 is 0. The Kier molecular flexibility index (Phi) is 4.29. The molecule has 1 heterocycles. The quantitative estimate of drug-likeness (QED) is 0.641. The fraction of sp³-hybridized carbons (Fsp3) is 0.357. The molecule has 0 aliphatic carbocycles. The zero-order valence-corrected chi connectivity index (χ0v) is 11.2. The molecule has 0 bridgehead atoms. The zero-order valence-electron chi connectivity index (χ0n) is 11.2. The van der Waals surface area contributed by atoms with Crippen LogP contribution < -0.4 is 11.3 Å². The van der Waals surface area contributed by atoms with Crippen LogP contribution in [0.25, 0.3) is 0 Å². The van der Waals surface area contributed by atoms with Crippen LogP contribution in [0.4, 0.5) is 4.39 Å². The van der Waals surface area contributed by atoms with Gasteiger partial charge in [-0.05, 0) is 31.4 Å². The van der Waals surface area contributed by atoms with Gasteiger partial charge in [-0.2, -0.15) is 5.10 Å². The first-order valence-corrected chi connectivity index (χ1v) is 6.38. The van der Waals surface area contributed by atoms with Gasteiger partial charge >= 0.3 is 0 Å². The van der Waals surface area contributed by atoms with Crippen molar-refractivity contribution in [1.29, 1.82) is 0 Å². The van der Waals surface area contributed by atoms with E-state index in [1.165, 1.54) is 0 Å². The predicted molar refractivity (Wildman–Crippen MR) is 72.8 cm³/mol. The molecule has 102 valence electrons. The number of rotatable bonds is 5. The predicted octanol–water partition coefficient (Wildman–Crippen LogP) is 2.10. The molecule has 0 fully saturated rings. The lowest BCUT2D eigenvalue weighted by Crippen LogP contribution is -2.30. The molecule has 4 nitrogen and oxygen atoms in total. The Bertz CT molecular complexity index is 550. The van der Waals surface area contributed by atoms with Gasteiger partial charge in [0.05, 0.1) is 12.2 Å². The van der Waals surface area contributed by atoms with E-state index in [0.717, 1.165) is 12.1 Å². The van der Waals surface area contributed by atoms with Crippen molar-refractivity contribution in [3.8, 4) is 0 Å². The second-order valence-corrected chi connectivity index (χ2v) is 4.61. The Morgan fingerprint density at radius 3 is 2.89 bits per heavy atom. The second-order valence-electron chi connectivity index (χ2n) is 4.61. The van der Waals surface area contributed by atoms with Crippen LogP contribution in [0.2, 0.25) is 0 Å². The second kappa shape index (κ2) is 5.95. The average molecular weight is 262 g/mol. The number of hydrogen-bond acceptors (Lipinski definition) is 3. The van der Waals surface area contributed by atoms with Crippen molar-refractivity contribution in [2.24, 2.45) is 5.84 Å². The topological polar surface area (TPSA) is 55.9 Å². The van der Waals surface area contributed by atoms with E-state index in [0.29, 0.717) is 17.5 Å². The lowest BCUT2D eigenvalue weighted by Gasteiger charge is -2.17. The molecule has 0 saturated carbocycles. The van der Waals surface area contributed by atoms with Crippen LogP contribution >= 0.6 is 0 Å². The van der Waals surface area contributed by atoms with Gasteiger partial charge in [-0.1, -0.05) is 18.2 Å². The molecule has 0 aliphatic rings. The van der Waals surface area contributed by atoms with Crippen molar-refractivity contribution in [3.05, 3.63) is 53.1 Å². The molecular weight excluding hydrogens is 243 g/mol. The third kappa shape index (κ3) is 3.00. The maximum absolute atomic E-state index is 14.1. The highest BCUT2D eigenvalue weighted by atomic mass is 19.1. The Morgan fingerprint density at radius 1 is 1.47 bits per heavy atom. The van der Waals surface area contributed by atoms with Crippen LogP contribution in [-0.4, -0.2) is 9.78 Å². The SMILES string of the molecule is CCn1cc(CC(NN)c2cccc(C)c2F)cn1. The van der Waals surface area contributed by atoms with Gasteiger partial charge in [-0.25, -0.2) is 4.39 Å². The summed E-state index contributed by atoms with van der Waals surface area (Å²) in [5.74, 6) is 5.37. The first-order chi connectivity index (χ1) is 9.15.